The van der Waals surface area contributed by atoms with Crippen LogP contribution < -0.4 is 5.32 Å². The Labute approximate surface area is 129 Å². The van der Waals surface area contributed by atoms with Gasteiger partial charge in [0.25, 0.3) is 0 Å². The second kappa shape index (κ2) is 9.19. The predicted molar refractivity (Wildman–Crippen MR) is 88.6 cm³/mol. The highest BCUT2D eigenvalue weighted by molar-refractivity contribution is 5.22. The molecule has 0 spiro atoms. The zero-order valence-corrected chi connectivity index (χ0v) is 13.6. The first-order valence-corrected chi connectivity index (χ1v) is 8.38. The molecule has 1 aliphatic heterocycles. The molecule has 1 heterocycles. The van der Waals surface area contributed by atoms with E-state index in [4.69, 9.17) is 4.74 Å². The zero-order valence-electron chi connectivity index (χ0n) is 13.6. The van der Waals surface area contributed by atoms with Crippen LogP contribution in [0.1, 0.15) is 37.3 Å². The molecule has 1 N–H and O–H groups in total. The van der Waals surface area contributed by atoms with Crippen LogP contribution >= 0.6 is 0 Å². The third kappa shape index (κ3) is 5.77. The van der Waals surface area contributed by atoms with Gasteiger partial charge in [-0.05, 0) is 56.9 Å². The summed E-state index contributed by atoms with van der Waals surface area (Å²) in [6.07, 6.45) is 5.14. The molecule has 1 aromatic carbocycles. The lowest BCUT2D eigenvalue weighted by Gasteiger charge is -2.32. The van der Waals surface area contributed by atoms with Crippen LogP contribution in [0.4, 0.5) is 0 Å². The summed E-state index contributed by atoms with van der Waals surface area (Å²) in [5, 5.41) is 3.20. The molecule has 1 fully saturated rings. The van der Waals surface area contributed by atoms with Crippen molar-refractivity contribution in [3.05, 3.63) is 35.4 Å². The van der Waals surface area contributed by atoms with Crippen molar-refractivity contribution in [2.75, 3.05) is 33.3 Å². The Kier molecular flexibility index (Phi) is 7.20. The van der Waals surface area contributed by atoms with E-state index in [0.29, 0.717) is 6.10 Å². The maximum Gasteiger partial charge on any atom is 0.0702 e. The van der Waals surface area contributed by atoms with E-state index in [9.17, 15) is 0 Å². The Morgan fingerprint density at radius 3 is 2.71 bits per heavy atom. The summed E-state index contributed by atoms with van der Waals surface area (Å²) in [5.41, 5.74) is 2.83. The normalized spacial score (nSPS) is 19.8. The molecular formula is C18H30N2O. The van der Waals surface area contributed by atoms with E-state index < -0.39 is 0 Å². The van der Waals surface area contributed by atoms with Gasteiger partial charge in [0.05, 0.1) is 6.10 Å². The topological polar surface area (TPSA) is 24.5 Å². The van der Waals surface area contributed by atoms with Gasteiger partial charge < -0.3 is 10.1 Å². The molecule has 1 aliphatic rings. The maximum atomic E-state index is 5.91. The molecule has 0 amide bonds. The van der Waals surface area contributed by atoms with Crippen LogP contribution in [0.25, 0.3) is 0 Å². The SMILES string of the molecule is CCCOC1CCCN(Cc2ccc(CCNC)cc2)C1. The van der Waals surface area contributed by atoms with E-state index in [1.165, 1.54) is 30.5 Å². The number of ether oxygens (including phenoxy) is 1. The van der Waals surface area contributed by atoms with Gasteiger partial charge in [-0.25, -0.2) is 0 Å². The molecule has 3 nitrogen and oxygen atoms in total. The Morgan fingerprint density at radius 2 is 2.00 bits per heavy atom. The molecule has 21 heavy (non-hydrogen) atoms. The fourth-order valence-electron chi connectivity index (χ4n) is 2.92. The van der Waals surface area contributed by atoms with E-state index in [2.05, 4.69) is 41.4 Å². The van der Waals surface area contributed by atoms with Gasteiger partial charge in [0.15, 0.2) is 0 Å². The van der Waals surface area contributed by atoms with Crippen molar-refractivity contribution >= 4 is 0 Å². The van der Waals surface area contributed by atoms with Crippen molar-refractivity contribution in [1.29, 1.82) is 0 Å². The monoisotopic (exact) mass is 290 g/mol. The first kappa shape index (κ1) is 16.5. The lowest BCUT2D eigenvalue weighted by molar-refractivity contribution is -0.00222. The molecule has 0 bridgehead atoms. The maximum absolute atomic E-state index is 5.91. The number of hydrogen-bond donors (Lipinski definition) is 1. The molecule has 118 valence electrons. The van der Waals surface area contributed by atoms with Crippen LogP contribution in [-0.2, 0) is 17.7 Å². The lowest BCUT2D eigenvalue weighted by Crippen LogP contribution is -2.39. The molecule has 1 saturated heterocycles. The Morgan fingerprint density at radius 1 is 1.24 bits per heavy atom. The summed E-state index contributed by atoms with van der Waals surface area (Å²) in [4.78, 5) is 2.53. The average Bonchev–Trinajstić information content (AvgIpc) is 2.53. The summed E-state index contributed by atoms with van der Waals surface area (Å²) < 4.78 is 5.91. The minimum Gasteiger partial charge on any atom is -0.377 e. The van der Waals surface area contributed by atoms with Crippen LogP contribution in [0.15, 0.2) is 24.3 Å². The second-order valence-electron chi connectivity index (χ2n) is 6.04. The molecule has 1 aromatic rings. The lowest BCUT2D eigenvalue weighted by atomic mass is 10.1. The standard InChI is InChI=1S/C18H30N2O/c1-3-13-21-18-5-4-12-20(15-18)14-17-8-6-16(7-9-17)10-11-19-2/h6-9,18-19H,3-5,10-15H2,1-2H3. The van der Waals surface area contributed by atoms with E-state index in [1.54, 1.807) is 0 Å². The molecular weight excluding hydrogens is 260 g/mol. The number of benzene rings is 1. The van der Waals surface area contributed by atoms with Gasteiger partial charge in [-0.2, -0.15) is 0 Å². The van der Waals surface area contributed by atoms with Gasteiger partial charge in [-0.3, -0.25) is 4.90 Å². The fourth-order valence-corrected chi connectivity index (χ4v) is 2.92. The largest absolute Gasteiger partial charge is 0.377 e. The zero-order chi connectivity index (χ0) is 14.9. The van der Waals surface area contributed by atoms with Crippen molar-refractivity contribution in [3.63, 3.8) is 0 Å². The third-order valence-electron chi connectivity index (χ3n) is 4.11. The Bertz CT molecular complexity index is 391. The van der Waals surface area contributed by atoms with Crippen LogP contribution in [-0.4, -0.2) is 44.3 Å². The van der Waals surface area contributed by atoms with Gasteiger partial charge in [0, 0.05) is 19.7 Å². The molecule has 0 saturated carbocycles. The Balaban J connectivity index is 1.80. The number of likely N-dealkylation sites (tertiary alicyclic amines) is 1. The summed E-state index contributed by atoms with van der Waals surface area (Å²) in [7, 11) is 2.00. The fraction of sp³-hybridized carbons (Fsp3) is 0.667. The Hall–Kier alpha value is -0.900. The van der Waals surface area contributed by atoms with Crippen LogP contribution in [0.2, 0.25) is 0 Å². The van der Waals surface area contributed by atoms with Crippen LogP contribution in [0.3, 0.4) is 0 Å². The van der Waals surface area contributed by atoms with Gasteiger partial charge in [0.1, 0.15) is 0 Å². The van der Waals surface area contributed by atoms with Crippen LogP contribution in [0.5, 0.6) is 0 Å². The summed E-state index contributed by atoms with van der Waals surface area (Å²) >= 11 is 0. The van der Waals surface area contributed by atoms with E-state index >= 15 is 0 Å². The minimum atomic E-state index is 0.439. The van der Waals surface area contributed by atoms with Crippen LogP contribution in [0, 0.1) is 0 Å². The summed E-state index contributed by atoms with van der Waals surface area (Å²) in [6, 6.07) is 9.09. The highest BCUT2D eigenvalue weighted by Crippen LogP contribution is 2.16. The van der Waals surface area contributed by atoms with Gasteiger partial charge >= 0.3 is 0 Å². The summed E-state index contributed by atoms with van der Waals surface area (Å²) in [5.74, 6) is 0. The smallest absolute Gasteiger partial charge is 0.0702 e. The molecule has 0 aromatic heterocycles. The molecule has 3 heteroatoms. The molecule has 0 radical (unpaired) electrons. The molecule has 1 unspecified atom stereocenters. The van der Waals surface area contributed by atoms with E-state index in [1.807, 2.05) is 7.05 Å². The van der Waals surface area contributed by atoms with Crippen molar-refractivity contribution in [2.24, 2.45) is 0 Å². The number of nitrogens with one attached hydrogen (secondary N) is 1. The van der Waals surface area contributed by atoms with E-state index in [0.717, 1.165) is 39.1 Å². The first-order chi connectivity index (χ1) is 10.3. The van der Waals surface area contributed by atoms with E-state index in [-0.39, 0.29) is 0 Å². The van der Waals surface area contributed by atoms with Gasteiger partial charge in [-0.1, -0.05) is 31.2 Å². The summed E-state index contributed by atoms with van der Waals surface area (Å²) in [6.45, 7) is 7.46. The van der Waals surface area contributed by atoms with Gasteiger partial charge in [0.2, 0.25) is 0 Å². The highest BCUT2D eigenvalue weighted by Gasteiger charge is 2.20. The first-order valence-electron chi connectivity index (χ1n) is 8.38. The average molecular weight is 290 g/mol. The molecule has 0 aliphatic carbocycles. The van der Waals surface area contributed by atoms with Crippen molar-refractivity contribution in [2.45, 2.75) is 45.3 Å². The number of likely N-dealkylation sites (N-methyl/N-ethyl adjacent to an activating group) is 1. The quantitative estimate of drug-likeness (QED) is 0.797. The van der Waals surface area contributed by atoms with Crippen molar-refractivity contribution in [1.82, 2.24) is 10.2 Å². The predicted octanol–water partition coefficient (Wildman–Crippen LogP) is 2.84. The molecule has 1 atom stereocenters. The number of piperidine rings is 1. The second-order valence-corrected chi connectivity index (χ2v) is 6.04. The number of rotatable bonds is 8. The van der Waals surface area contributed by atoms with Gasteiger partial charge in [-0.15, -0.1) is 0 Å². The highest BCUT2D eigenvalue weighted by atomic mass is 16.5. The number of hydrogen-bond acceptors (Lipinski definition) is 3. The minimum absolute atomic E-state index is 0.439. The van der Waals surface area contributed by atoms with Crippen molar-refractivity contribution in [3.8, 4) is 0 Å². The number of nitrogens with zero attached hydrogens (tertiary/aromatic N) is 1. The third-order valence-corrected chi connectivity index (χ3v) is 4.11. The molecule has 2 rings (SSSR count). The van der Waals surface area contributed by atoms with Crippen molar-refractivity contribution < 1.29 is 4.74 Å².